The van der Waals surface area contributed by atoms with Gasteiger partial charge in [0.1, 0.15) is 5.75 Å². The van der Waals surface area contributed by atoms with E-state index in [1.807, 2.05) is 16.7 Å². The van der Waals surface area contributed by atoms with Crippen LogP contribution in [0.2, 0.25) is 0 Å². The van der Waals surface area contributed by atoms with E-state index in [9.17, 15) is 9.59 Å². The molecule has 1 fully saturated rings. The lowest BCUT2D eigenvalue weighted by molar-refractivity contribution is -0.118. The monoisotopic (exact) mass is 292 g/mol. The van der Waals surface area contributed by atoms with Crippen molar-refractivity contribution in [3.63, 3.8) is 0 Å². The molecule has 0 saturated carbocycles. The van der Waals surface area contributed by atoms with Gasteiger partial charge in [0.15, 0.2) is 6.61 Å². The standard InChI is InChI=1S/C14H16N2O3S/c17-13-9-19-12-8-10(2-3-11(12)15-13)14(18)16-4-1-6-20-7-5-16/h2-3,8H,1,4-7,9H2,(H,15,17). The molecule has 1 aromatic carbocycles. The van der Waals surface area contributed by atoms with Crippen molar-refractivity contribution in [2.75, 3.05) is 36.5 Å². The number of carbonyl (C=O) groups excluding carboxylic acids is 2. The number of hydrogen-bond acceptors (Lipinski definition) is 4. The Morgan fingerprint density at radius 3 is 3.10 bits per heavy atom. The largest absolute Gasteiger partial charge is 0.482 e. The molecule has 0 unspecified atom stereocenters. The second-order valence-corrected chi connectivity index (χ2v) is 6.03. The van der Waals surface area contributed by atoms with Gasteiger partial charge in [-0.15, -0.1) is 0 Å². The highest BCUT2D eigenvalue weighted by atomic mass is 32.2. The Kier molecular flexibility index (Phi) is 3.82. The average Bonchev–Trinajstić information content (AvgIpc) is 2.75. The van der Waals surface area contributed by atoms with Crippen LogP contribution in [0.5, 0.6) is 5.75 Å². The van der Waals surface area contributed by atoms with Gasteiger partial charge in [-0.05, 0) is 30.4 Å². The van der Waals surface area contributed by atoms with Gasteiger partial charge in [0.25, 0.3) is 11.8 Å². The van der Waals surface area contributed by atoms with Crippen LogP contribution in [0.25, 0.3) is 0 Å². The number of thioether (sulfide) groups is 1. The van der Waals surface area contributed by atoms with E-state index in [4.69, 9.17) is 4.74 Å². The Morgan fingerprint density at radius 2 is 2.20 bits per heavy atom. The van der Waals surface area contributed by atoms with Gasteiger partial charge < -0.3 is 15.0 Å². The molecule has 2 aliphatic heterocycles. The number of fused-ring (bicyclic) bond motifs is 1. The third-order valence-electron chi connectivity index (χ3n) is 3.37. The van der Waals surface area contributed by atoms with Crippen molar-refractivity contribution in [2.24, 2.45) is 0 Å². The molecule has 5 nitrogen and oxygen atoms in total. The Balaban J connectivity index is 1.79. The van der Waals surface area contributed by atoms with E-state index in [0.717, 1.165) is 31.0 Å². The van der Waals surface area contributed by atoms with E-state index in [-0.39, 0.29) is 18.4 Å². The third-order valence-corrected chi connectivity index (χ3v) is 4.42. The number of ether oxygens (including phenoxy) is 1. The first-order valence-electron chi connectivity index (χ1n) is 6.68. The zero-order valence-corrected chi connectivity index (χ0v) is 11.9. The quantitative estimate of drug-likeness (QED) is 0.854. The van der Waals surface area contributed by atoms with E-state index in [1.54, 1.807) is 18.2 Å². The number of nitrogens with zero attached hydrogens (tertiary/aromatic N) is 1. The molecule has 2 heterocycles. The fourth-order valence-corrected chi connectivity index (χ4v) is 3.23. The summed E-state index contributed by atoms with van der Waals surface area (Å²) in [5, 5.41) is 2.72. The SMILES string of the molecule is O=C1COc2cc(C(=O)N3CCCSCC3)ccc2N1. The molecular formula is C14H16N2O3S. The lowest BCUT2D eigenvalue weighted by atomic mass is 10.1. The van der Waals surface area contributed by atoms with Gasteiger partial charge >= 0.3 is 0 Å². The maximum atomic E-state index is 12.5. The fraction of sp³-hybridized carbons (Fsp3) is 0.429. The first-order chi connectivity index (χ1) is 9.74. The number of amides is 2. The Labute approximate surface area is 121 Å². The molecule has 0 atom stereocenters. The van der Waals surface area contributed by atoms with Crippen LogP contribution in [-0.4, -0.2) is 47.9 Å². The zero-order valence-electron chi connectivity index (χ0n) is 11.1. The Morgan fingerprint density at radius 1 is 1.30 bits per heavy atom. The Bertz CT molecular complexity index is 539. The van der Waals surface area contributed by atoms with Gasteiger partial charge in [-0.3, -0.25) is 9.59 Å². The van der Waals surface area contributed by atoms with E-state index >= 15 is 0 Å². The zero-order chi connectivity index (χ0) is 13.9. The van der Waals surface area contributed by atoms with Gasteiger partial charge in [-0.1, -0.05) is 0 Å². The highest BCUT2D eigenvalue weighted by Crippen LogP contribution is 2.29. The first-order valence-corrected chi connectivity index (χ1v) is 7.83. The summed E-state index contributed by atoms with van der Waals surface area (Å²) in [5.74, 6) is 2.54. The van der Waals surface area contributed by atoms with Crippen molar-refractivity contribution >= 4 is 29.3 Å². The van der Waals surface area contributed by atoms with Crippen LogP contribution in [0.3, 0.4) is 0 Å². The van der Waals surface area contributed by atoms with Crippen LogP contribution >= 0.6 is 11.8 Å². The number of benzene rings is 1. The summed E-state index contributed by atoms with van der Waals surface area (Å²) in [6.45, 7) is 1.60. The lowest BCUT2D eigenvalue weighted by Gasteiger charge is -2.22. The molecule has 1 N–H and O–H groups in total. The van der Waals surface area contributed by atoms with E-state index < -0.39 is 0 Å². The molecule has 1 saturated heterocycles. The summed E-state index contributed by atoms with van der Waals surface area (Å²) in [5.41, 5.74) is 1.25. The molecule has 3 rings (SSSR count). The second kappa shape index (κ2) is 5.75. The maximum Gasteiger partial charge on any atom is 0.262 e. The molecule has 106 valence electrons. The normalized spacial score (nSPS) is 18.6. The number of anilines is 1. The van der Waals surface area contributed by atoms with Gasteiger partial charge in [-0.25, -0.2) is 0 Å². The van der Waals surface area contributed by atoms with Gasteiger partial charge in [0, 0.05) is 24.4 Å². The minimum absolute atomic E-state index is 0.00496. The average molecular weight is 292 g/mol. The molecule has 0 aliphatic carbocycles. The van der Waals surface area contributed by atoms with E-state index in [1.165, 1.54) is 0 Å². The smallest absolute Gasteiger partial charge is 0.262 e. The van der Waals surface area contributed by atoms with Crippen molar-refractivity contribution in [1.82, 2.24) is 4.90 Å². The molecule has 0 spiro atoms. The van der Waals surface area contributed by atoms with Crippen LogP contribution in [-0.2, 0) is 4.79 Å². The van der Waals surface area contributed by atoms with Gasteiger partial charge in [-0.2, -0.15) is 11.8 Å². The summed E-state index contributed by atoms with van der Waals surface area (Å²) < 4.78 is 5.35. The van der Waals surface area contributed by atoms with Crippen molar-refractivity contribution in [1.29, 1.82) is 0 Å². The molecule has 0 radical (unpaired) electrons. The summed E-state index contributed by atoms with van der Waals surface area (Å²) in [7, 11) is 0. The molecule has 2 amide bonds. The van der Waals surface area contributed by atoms with Crippen LogP contribution in [0.1, 0.15) is 16.8 Å². The lowest BCUT2D eigenvalue weighted by Crippen LogP contribution is -2.33. The van der Waals surface area contributed by atoms with E-state index in [0.29, 0.717) is 17.0 Å². The highest BCUT2D eigenvalue weighted by Gasteiger charge is 2.21. The molecule has 0 bridgehead atoms. The fourth-order valence-electron chi connectivity index (χ4n) is 2.34. The molecule has 20 heavy (non-hydrogen) atoms. The van der Waals surface area contributed by atoms with Crippen molar-refractivity contribution in [3.05, 3.63) is 23.8 Å². The van der Waals surface area contributed by atoms with Crippen molar-refractivity contribution in [3.8, 4) is 5.75 Å². The Hall–Kier alpha value is -1.69. The number of nitrogens with one attached hydrogen (secondary N) is 1. The first kappa shape index (κ1) is 13.3. The van der Waals surface area contributed by atoms with E-state index in [2.05, 4.69) is 5.32 Å². The second-order valence-electron chi connectivity index (χ2n) is 4.81. The summed E-state index contributed by atoms with van der Waals surface area (Å²) >= 11 is 1.89. The summed E-state index contributed by atoms with van der Waals surface area (Å²) in [6.07, 6.45) is 1.04. The third kappa shape index (κ3) is 2.75. The predicted octanol–water partition coefficient (Wildman–Crippen LogP) is 1.60. The minimum Gasteiger partial charge on any atom is -0.482 e. The molecule has 1 aromatic rings. The predicted molar refractivity (Wildman–Crippen MR) is 78.4 cm³/mol. The van der Waals surface area contributed by atoms with Crippen LogP contribution in [0, 0.1) is 0 Å². The van der Waals surface area contributed by atoms with Crippen LogP contribution in [0.4, 0.5) is 5.69 Å². The number of rotatable bonds is 1. The topological polar surface area (TPSA) is 58.6 Å². The maximum absolute atomic E-state index is 12.5. The van der Waals surface area contributed by atoms with Gasteiger partial charge in [0.2, 0.25) is 0 Å². The highest BCUT2D eigenvalue weighted by molar-refractivity contribution is 7.99. The molecule has 6 heteroatoms. The number of carbonyl (C=O) groups is 2. The minimum atomic E-state index is -0.166. The number of hydrogen-bond donors (Lipinski definition) is 1. The van der Waals surface area contributed by atoms with Crippen LogP contribution < -0.4 is 10.1 Å². The van der Waals surface area contributed by atoms with Gasteiger partial charge in [0.05, 0.1) is 5.69 Å². The molecule has 2 aliphatic rings. The van der Waals surface area contributed by atoms with Crippen molar-refractivity contribution < 1.29 is 14.3 Å². The van der Waals surface area contributed by atoms with Crippen molar-refractivity contribution in [2.45, 2.75) is 6.42 Å². The summed E-state index contributed by atoms with van der Waals surface area (Å²) in [6, 6.07) is 5.19. The van der Waals surface area contributed by atoms with Crippen LogP contribution in [0.15, 0.2) is 18.2 Å². The molecule has 0 aromatic heterocycles. The summed E-state index contributed by atoms with van der Waals surface area (Å²) in [4.78, 5) is 25.6. The molecular weight excluding hydrogens is 276 g/mol.